The maximum absolute atomic E-state index is 5.88. The van der Waals surface area contributed by atoms with Crippen molar-refractivity contribution in [2.75, 3.05) is 13.1 Å². The van der Waals surface area contributed by atoms with E-state index in [1.54, 1.807) is 11.3 Å². The van der Waals surface area contributed by atoms with Crippen LogP contribution in [0.15, 0.2) is 11.4 Å². The summed E-state index contributed by atoms with van der Waals surface area (Å²) in [6.45, 7) is 4.24. The first-order chi connectivity index (χ1) is 6.36. The molecule has 1 aliphatic heterocycles. The van der Waals surface area contributed by atoms with Gasteiger partial charge in [0.15, 0.2) is 5.06 Å². The van der Waals surface area contributed by atoms with Crippen LogP contribution >= 0.6 is 11.3 Å². The predicted molar refractivity (Wildman–Crippen MR) is 55.6 cm³/mol. The van der Waals surface area contributed by atoms with Crippen molar-refractivity contribution >= 4 is 11.3 Å². The van der Waals surface area contributed by atoms with Crippen LogP contribution in [0.5, 0.6) is 5.06 Å². The van der Waals surface area contributed by atoms with Gasteiger partial charge in [0.2, 0.25) is 0 Å². The minimum atomic E-state index is 0.381. The topological polar surface area (TPSA) is 21.3 Å². The summed E-state index contributed by atoms with van der Waals surface area (Å²) in [5.74, 6) is 0. The van der Waals surface area contributed by atoms with Gasteiger partial charge in [-0.25, -0.2) is 0 Å². The van der Waals surface area contributed by atoms with E-state index in [0.29, 0.717) is 6.10 Å². The molecule has 0 aromatic carbocycles. The number of ether oxygens (including phenoxy) is 1. The second-order valence-electron chi connectivity index (χ2n) is 3.48. The van der Waals surface area contributed by atoms with Gasteiger partial charge in [0, 0.05) is 12.1 Å². The van der Waals surface area contributed by atoms with Crippen LogP contribution in [0.3, 0.4) is 0 Å². The maximum Gasteiger partial charge on any atom is 0.177 e. The highest BCUT2D eigenvalue weighted by molar-refractivity contribution is 7.12. The molecule has 2 nitrogen and oxygen atoms in total. The lowest BCUT2D eigenvalue weighted by molar-refractivity contribution is 0.171. The SMILES string of the molecule is Cc1ccsc1OC1CCCNC1. The Morgan fingerprint density at radius 3 is 3.15 bits per heavy atom. The monoisotopic (exact) mass is 197 g/mol. The molecule has 1 aromatic heterocycles. The fourth-order valence-electron chi connectivity index (χ4n) is 1.55. The molecule has 0 radical (unpaired) electrons. The summed E-state index contributed by atoms with van der Waals surface area (Å²) in [6, 6.07) is 2.11. The van der Waals surface area contributed by atoms with Gasteiger partial charge in [-0.05, 0) is 37.8 Å². The fourth-order valence-corrected chi connectivity index (χ4v) is 2.39. The molecule has 3 heteroatoms. The first-order valence-corrected chi connectivity index (χ1v) is 5.65. The van der Waals surface area contributed by atoms with Crippen LogP contribution in [0.25, 0.3) is 0 Å². The highest BCUT2D eigenvalue weighted by Crippen LogP contribution is 2.26. The predicted octanol–water partition coefficient (Wildman–Crippen LogP) is 2.19. The molecule has 1 N–H and O–H groups in total. The zero-order valence-corrected chi connectivity index (χ0v) is 8.69. The second kappa shape index (κ2) is 4.11. The molecular formula is C10H15NOS. The van der Waals surface area contributed by atoms with Gasteiger partial charge in [0.25, 0.3) is 0 Å². The number of nitrogens with one attached hydrogen (secondary N) is 1. The van der Waals surface area contributed by atoms with E-state index < -0.39 is 0 Å². The minimum Gasteiger partial charge on any atom is -0.479 e. The fraction of sp³-hybridized carbons (Fsp3) is 0.600. The molecule has 0 saturated carbocycles. The largest absolute Gasteiger partial charge is 0.479 e. The van der Waals surface area contributed by atoms with Crippen molar-refractivity contribution in [3.05, 3.63) is 17.0 Å². The van der Waals surface area contributed by atoms with Crippen LogP contribution in [0, 0.1) is 6.92 Å². The van der Waals surface area contributed by atoms with Crippen LogP contribution < -0.4 is 10.1 Å². The van der Waals surface area contributed by atoms with E-state index in [4.69, 9.17) is 4.74 Å². The summed E-state index contributed by atoms with van der Waals surface area (Å²) < 4.78 is 5.88. The van der Waals surface area contributed by atoms with E-state index in [1.807, 2.05) is 0 Å². The third kappa shape index (κ3) is 2.23. The molecule has 0 amide bonds. The van der Waals surface area contributed by atoms with Crippen molar-refractivity contribution in [1.82, 2.24) is 5.32 Å². The van der Waals surface area contributed by atoms with Crippen molar-refractivity contribution in [3.63, 3.8) is 0 Å². The van der Waals surface area contributed by atoms with Gasteiger partial charge in [0.1, 0.15) is 6.10 Å². The van der Waals surface area contributed by atoms with Crippen molar-refractivity contribution in [1.29, 1.82) is 0 Å². The third-order valence-corrected chi connectivity index (χ3v) is 3.24. The van der Waals surface area contributed by atoms with Crippen LogP contribution in [0.2, 0.25) is 0 Å². The van der Waals surface area contributed by atoms with Gasteiger partial charge in [-0.15, -0.1) is 11.3 Å². The van der Waals surface area contributed by atoms with E-state index in [-0.39, 0.29) is 0 Å². The Labute approximate surface area is 82.9 Å². The molecule has 1 saturated heterocycles. The molecule has 0 spiro atoms. The Morgan fingerprint density at radius 2 is 2.54 bits per heavy atom. The Morgan fingerprint density at radius 1 is 1.62 bits per heavy atom. The Kier molecular flexibility index (Phi) is 2.86. The number of thiophene rings is 1. The molecule has 72 valence electrons. The van der Waals surface area contributed by atoms with Gasteiger partial charge in [-0.1, -0.05) is 0 Å². The molecule has 1 aliphatic rings. The lowest BCUT2D eigenvalue weighted by Gasteiger charge is -2.23. The highest BCUT2D eigenvalue weighted by Gasteiger charge is 2.15. The molecule has 2 rings (SSSR count). The maximum atomic E-state index is 5.88. The van der Waals surface area contributed by atoms with Gasteiger partial charge in [0.05, 0.1) is 0 Å². The third-order valence-electron chi connectivity index (χ3n) is 2.34. The average molecular weight is 197 g/mol. The van der Waals surface area contributed by atoms with Crippen LogP contribution in [-0.2, 0) is 0 Å². The van der Waals surface area contributed by atoms with Gasteiger partial charge in [-0.2, -0.15) is 0 Å². The van der Waals surface area contributed by atoms with Gasteiger partial charge in [-0.3, -0.25) is 0 Å². The Hall–Kier alpha value is -0.540. The number of hydrogen-bond acceptors (Lipinski definition) is 3. The molecule has 1 atom stereocenters. The van der Waals surface area contributed by atoms with Crippen molar-refractivity contribution in [2.45, 2.75) is 25.9 Å². The molecule has 0 bridgehead atoms. The summed E-state index contributed by atoms with van der Waals surface area (Å²) in [7, 11) is 0. The summed E-state index contributed by atoms with van der Waals surface area (Å²) in [4.78, 5) is 0. The Bertz CT molecular complexity index is 266. The molecule has 1 fully saturated rings. The molecule has 1 aromatic rings. The highest BCUT2D eigenvalue weighted by atomic mass is 32.1. The first kappa shape index (κ1) is 9.03. The van der Waals surface area contributed by atoms with E-state index >= 15 is 0 Å². The number of hydrogen-bond donors (Lipinski definition) is 1. The smallest absolute Gasteiger partial charge is 0.177 e. The quantitative estimate of drug-likeness (QED) is 0.784. The molecule has 13 heavy (non-hydrogen) atoms. The van der Waals surface area contributed by atoms with E-state index in [0.717, 1.165) is 18.2 Å². The molecule has 2 heterocycles. The van der Waals surface area contributed by atoms with Crippen LogP contribution in [-0.4, -0.2) is 19.2 Å². The molecule has 0 aliphatic carbocycles. The Balaban J connectivity index is 1.93. The van der Waals surface area contributed by atoms with Gasteiger partial charge >= 0.3 is 0 Å². The normalized spacial score (nSPS) is 23.0. The molecule has 1 unspecified atom stereocenters. The second-order valence-corrected chi connectivity index (χ2v) is 4.36. The van der Waals surface area contributed by atoms with Crippen molar-refractivity contribution in [2.24, 2.45) is 0 Å². The number of rotatable bonds is 2. The molecular weight excluding hydrogens is 182 g/mol. The van der Waals surface area contributed by atoms with Crippen molar-refractivity contribution < 1.29 is 4.74 Å². The van der Waals surface area contributed by atoms with E-state index in [1.165, 1.54) is 18.4 Å². The van der Waals surface area contributed by atoms with E-state index in [9.17, 15) is 0 Å². The summed E-state index contributed by atoms with van der Waals surface area (Å²) in [5, 5.41) is 6.52. The zero-order valence-electron chi connectivity index (χ0n) is 7.88. The summed E-state index contributed by atoms with van der Waals surface area (Å²) >= 11 is 1.69. The average Bonchev–Trinajstić information content (AvgIpc) is 2.54. The standard InChI is InChI=1S/C10H15NOS/c1-8-4-6-13-10(8)12-9-3-2-5-11-7-9/h4,6,9,11H,2-3,5,7H2,1H3. The minimum absolute atomic E-state index is 0.381. The van der Waals surface area contributed by atoms with Crippen molar-refractivity contribution in [3.8, 4) is 5.06 Å². The summed E-state index contributed by atoms with van der Waals surface area (Å²) in [6.07, 6.45) is 2.80. The summed E-state index contributed by atoms with van der Waals surface area (Å²) in [5.41, 5.74) is 1.26. The first-order valence-electron chi connectivity index (χ1n) is 4.78. The lowest BCUT2D eigenvalue weighted by atomic mass is 10.1. The number of aryl methyl sites for hydroxylation is 1. The van der Waals surface area contributed by atoms with E-state index in [2.05, 4.69) is 23.7 Å². The lowest BCUT2D eigenvalue weighted by Crippen LogP contribution is -2.37. The van der Waals surface area contributed by atoms with Crippen LogP contribution in [0.4, 0.5) is 0 Å². The van der Waals surface area contributed by atoms with Crippen LogP contribution in [0.1, 0.15) is 18.4 Å². The zero-order chi connectivity index (χ0) is 9.10. The van der Waals surface area contributed by atoms with Gasteiger partial charge < -0.3 is 10.1 Å². The number of piperidine rings is 1.